The molecule has 0 aromatic heterocycles. The van der Waals surface area contributed by atoms with Crippen molar-refractivity contribution in [3.63, 3.8) is 0 Å². The maximum absolute atomic E-state index is 10.6. The van der Waals surface area contributed by atoms with Crippen LogP contribution < -0.4 is 0 Å². The smallest absolute Gasteiger partial charge is 0.192 e. The Balaban J connectivity index is 1.89. The maximum atomic E-state index is 10.6. The molecule has 2 fully saturated rings. The first-order valence-corrected chi connectivity index (χ1v) is 7.33. The Morgan fingerprint density at radius 2 is 2.30 bits per heavy atom. The molecule has 2 aliphatic heterocycles. The molecule has 1 aliphatic carbocycles. The number of methoxy groups -OCH3 is 1. The average molecular weight is 284 g/mol. The normalized spacial score (nSPS) is 47.6. The summed E-state index contributed by atoms with van der Waals surface area (Å²) in [6.45, 7) is 4.68. The Hall–Kier alpha value is -0.460. The van der Waals surface area contributed by atoms with Crippen LogP contribution in [0.2, 0.25) is 0 Å². The zero-order valence-electron chi connectivity index (χ0n) is 12.4. The van der Waals surface area contributed by atoms with Gasteiger partial charge >= 0.3 is 0 Å². The predicted octanol–water partition coefficient (Wildman–Crippen LogP) is 1.66. The van der Waals surface area contributed by atoms with E-state index in [0.717, 1.165) is 12.8 Å². The van der Waals surface area contributed by atoms with Crippen LogP contribution in [0, 0.1) is 17.8 Å². The van der Waals surface area contributed by atoms with E-state index < -0.39 is 11.9 Å². The van der Waals surface area contributed by atoms with Gasteiger partial charge in [-0.15, -0.1) is 0 Å². The van der Waals surface area contributed by atoms with Gasteiger partial charge in [0, 0.05) is 18.9 Å². The average Bonchev–Trinajstić information content (AvgIpc) is 2.40. The quantitative estimate of drug-likeness (QED) is 0.631. The first-order chi connectivity index (χ1) is 9.54. The van der Waals surface area contributed by atoms with Gasteiger partial charge < -0.3 is 24.1 Å². The van der Waals surface area contributed by atoms with Crippen molar-refractivity contribution >= 4 is 0 Å². The van der Waals surface area contributed by atoms with Crippen LogP contribution in [0.1, 0.15) is 26.7 Å². The van der Waals surface area contributed by atoms with Crippen molar-refractivity contribution in [3.05, 3.63) is 11.6 Å². The highest BCUT2D eigenvalue weighted by Gasteiger charge is 2.56. The number of hydrogen-bond acceptors (Lipinski definition) is 5. The first kappa shape index (κ1) is 14.5. The van der Waals surface area contributed by atoms with E-state index in [9.17, 15) is 5.11 Å². The Morgan fingerprint density at radius 3 is 3.05 bits per heavy atom. The molecule has 20 heavy (non-hydrogen) atoms. The zero-order chi connectivity index (χ0) is 14.3. The van der Waals surface area contributed by atoms with Gasteiger partial charge in [-0.3, -0.25) is 0 Å². The van der Waals surface area contributed by atoms with Crippen LogP contribution >= 0.6 is 0 Å². The van der Waals surface area contributed by atoms with E-state index in [0.29, 0.717) is 12.5 Å². The summed E-state index contributed by atoms with van der Waals surface area (Å²) in [6.07, 6.45) is 3.46. The molecule has 6 atom stereocenters. The van der Waals surface area contributed by atoms with Crippen LogP contribution in [0.4, 0.5) is 0 Å². The highest BCUT2D eigenvalue weighted by molar-refractivity contribution is 5.15. The van der Waals surface area contributed by atoms with Gasteiger partial charge in [-0.25, -0.2) is 0 Å². The minimum Gasteiger partial charge on any atom is -0.364 e. The molecule has 3 rings (SSSR count). The van der Waals surface area contributed by atoms with E-state index in [1.807, 2.05) is 0 Å². The summed E-state index contributed by atoms with van der Waals surface area (Å²) in [7, 11) is 1.58. The van der Waals surface area contributed by atoms with Crippen LogP contribution in [0.5, 0.6) is 0 Å². The van der Waals surface area contributed by atoms with Crippen molar-refractivity contribution in [1.82, 2.24) is 0 Å². The van der Waals surface area contributed by atoms with Crippen molar-refractivity contribution in [2.24, 2.45) is 17.8 Å². The molecular weight excluding hydrogens is 260 g/mol. The van der Waals surface area contributed by atoms with Crippen LogP contribution in [-0.4, -0.2) is 43.8 Å². The summed E-state index contributed by atoms with van der Waals surface area (Å²) in [5, 5.41) is 10.6. The standard InChI is InChI=1S/C15H24O5/c1-9-4-5-11-12-10(9)6-7-18-14(12)20-15(2,16)13(11)19-8-17-3/h4,10-14,16H,5-8H2,1-3H3/t10-,11-,12+,13+,14-,15-/m0/s1. The fraction of sp³-hybridized carbons (Fsp3) is 0.867. The molecule has 5 nitrogen and oxygen atoms in total. The third-order valence-electron chi connectivity index (χ3n) is 4.92. The molecule has 0 radical (unpaired) electrons. The fourth-order valence-electron chi connectivity index (χ4n) is 4.02. The third kappa shape index (κ3) is 2.31. The highest BCUT2D eigenvalue weighted by atomic mass is 16.8. The summed E-state index contributed by atoms with van der Waals surface area (Å²) in [5.74, 6) is -0.410. The molecule has 0 saturated carbocycles. The van der Waals surface area contributed by atoms with Crippen molar-refractivity contribution in [2.45, 2.75) is 44.9 Å². The van der Waals surface area contributed by atoms with Gasteiger partial charge in [0.15, 0.2) is 12.1 Å². The molecule has 0 amide bonds. The molecule has 114 valence electrons. The Kier molecular flexibility index (Phi) is 3.90. The Labute approximate surface area is 119 Å². The monoisotopic (exact) mass is 284 g/mol. The van der Waals surface area contributed by atoms with E-state index >= 15 is 0 Å². The lowest BCUT2D eigenvalue weighted by molar-refractivity contribution is -0.393. The van der Waals surface area contributed by atoms with Gasteiger partial charge in [0.1, 0.15) is 12.9 Å². The number of rotatable bonds is 3. The summed E-state index contributed by atoms with van der Waals surface area (Å²) in [6, 6.07) is 0. The molecule has 0 aromatic carbocycles. The molecule has 0 unspecified atom stereocenters. The van der Waals surface area contributed by atoms with Gasteiger partial charge in [0.25, 0.3) is 0 Å². The topological polar surface area (TPSA) is 57.2 Å². The maximum Gasteiger partial charge on any atom is 0.192 e. The SMILES string of the molecule is COCO[C@@H]1[C@H]2CC=C(C)[C@@H]3CCO[C@@H](O[C@]1(C)O)[C@@H]23. The molecule has 3 aliphatic rings. The van der Waals surface area contributed by atoms with E-state index in [2.05, 4.69) is 13.0 Å². The van der Waals surface area contributed by atoms with Crippen molar-refractivity contribution < 1.29 is 24.1 Å². The highest BCUT2D eigenvalue weighted by Crippen LogP contribution is 2.50. The van der Waals surface area contributed by atoms with E-state index in [1.165, 1.54) is 5.57 Å². The van der Waals surface area contributed by atoms with Gasteiger partial charge in [-0.05, 0) is 32.6 Å². The fourth-order valence-corrected chi connectivity index (χ4v) is 4.02. The number of aliphatic hydroxyl groups is 1. The summed E-state index contributed by atoms with van der Waals surface area (Å²) in [4.78, 5) is 0. The van der Waals surface area contributed by atoms with Crippen LogP contribution in [0.25, 0.3) is 0 Å². The molecule has 2 heterocycles. The lowest BCUT2D eigenvalue weighted by Crippen LogP contribution is -2.63. The molecule has 5 heteroatoms. The van der Waals surface area contributed by atoms with Gasteiger partial charge in [-0.2, -0.15) is 0 Å². The number of hydrogen-bond donors (Lipinski definition) is 1. The van der Waals surface area contributed by atoms with Crippen LogP contribution in [0.15, 0.2) is 11.6 Å². The van der Waals surface area contributed by atoms with Gasteiger partial charge in [0.2, 0.25) is 0 Å². The largest absolute Gasteiger partial charge is 0.364 e. The van der Waals surface area contributed by atoms with Crippen LogP contribution in [0.3, 0.4) is 0 Å². The van der Waals surface area contributed by atoms with Crippen molar-refractivity contribution in [2.75, 3.05) is 20.5 Å². The number of ether oxygens (including phenoxy) is 4. The van der Waals surface area contributed by atoms with E-state index in [-0.39, 0.29) is 24.9 Å². The summed E-state index contributed by atoms with van der Waals surface area (Å²) < 4.78 is 22.3. The summed E-state index contributed by atoms with van der Waals surface area (Å²) >= 11 is 0. The predicted molar refractivity (Wildman–Crippen MR) is 71.7 cm³/mol. The third-order valence-corrected chi connectivity index (χ3v) is 4.92. The van der Waals surface area contributed by atoms with Crippen molar-refractivity contribution in [1.29, 1.82) is 0 Å². The van der Waals surface area contributed by atoms with Gasteiger partial charge in [-0.1, -0.05) is 11.6 Å². The second-order valence-corrected chi connectivity index (χ2v) is 6.23. The van der Waals surface area contributed by atoms with Crippen LogP contribution in [-0.2, 0) is 18.9 Å². The minimum atomic E-state index is -1.34. The zero-order valence-corrected chi connectivity index (χ0v) is 12.4. The second kappa shape index (κ2) is 5.39. The first-order valence-electron chi connectivity index (χ1n) is 7.33. The molecule has 0 spiro atoms. The molecule has 2 saturated heterocycles. The van der Waals surface area contributed by atoms with E-state index in [4.69, 9.17) is 18.9 Å². The second-order valence-electron chi connectivity index (χ2n) is 6.23. The minimum absolute atomic E-state index is 0.159. The molecule has 0 aromatic rings. The number of allylic oxidation sites excluding steroid dienone is 2. The van der Waals surface area contributed by atoms with Crippen molar-refractivity contribution in [3.8, 4) is 0 Å². The van der Waals surface area contributed by atoms with Gasteiger partial charge in [0.05, 0.1) is 6.61 Å². The molecular formula is C15H24O5. The molecule has 1 N–H and O–H groups in total. The Morgan fingerprint density at radius 1 is 1.50 bits per heavy atom. The molecule has 0 bridgehead atoms. The van der Waals surface area contributed by atoms with E-state index in [1.54, 1.807) is 14.0 Å². The lowest BCUT2D eigenvalue weighted by Gasteiger charge is -2.55. The summed E-state index contributed by atoms with van der Waals surface area (Å²) in [5.41, 5.74) is 1.41. The lowest BCUT2D eigenvalue weighted by atomic mass is 9.65. The Bertz CT molecular complexity index is 392.